The summed E-state index contributed by atoms with van der Waals surface area (Å²) in [5.74, 6) is 3.13. The molecular formula is C15H24N4OS. The number of nitrogens with one attached hydrogen (secondary N) is 1. The van der Waals surface area contributed by atoms with E-state index in [1.807, 2.05) is 0 Å². The lowest BCUT2D eigenvalue weighted by molar-refractivity contribution is 0.371. The largest absolute Gasteiger partial charge is 0.350 e. The molecule has 0 aromatic carbocycles. The van der Waals surface area contributed by atoms with Crippen molar-refractivity contribution in [2.24, 2.45) is 7.05 Å². The first-order chi connectivity index (χ1) is 10.2. The topological polar surface area (TPSA) is 50.2 Å². The molecule has 6 heteroatoms. The van der Waals surface area contributed by atoms with Crippen LogP contribution in [0.5, 0.6) is 0 Å². The molecule has 0 aliphatic carbocycles. The van der Waals surface area contributed by atoms with Gasteiger partial charge in [0.1, 0.15) is 0 Å². The Kier molecular flexibility index (Phi) is 4.85. The summed E-state index contributed by atoms with van der Waals surface area (Å²) in [6.07, 6.45) is 8.35. The van der Waals surface area contributed by atoms with Crippen LogP contribution in [0.2, 0.25) is 0 Å². The highest BCUT2D eigenvalue weighted by Crippen LogP contribution is 2.20. The van der Waals surface area contributed by atoms with Crippen LogP contribution in [-0.4, -0.2) is 46.2 Å². The van der Waals surface area contributed by atoms with E-state index in [1.54, 1.807) is 24.0 Å². The lowest BCUT2D eigenvalue weighted by atomic mass is 10.0. The number of thioether (sulfide) groups is 1. The Morgan fingerprint density at radius 2 is 2.19 bits per heavy atom. The molecule has 1 aromatic heterocycles. The van der Waals surface area contributed by atoms with E-state index in [9.17, 15) is 4.79 Å². The minimum Gasteiger partial charge on any atom is -0.350 e. The number of rotatable bonds is 3. The number of aromatic nitrogens is 2. The molecule has 0 radical (unpaired) electrons. The summed E-state index contributed by atoms with van der Waals surface area (Å²) in [4.78, 5) is 18.7. The van der Waals surface area contributed by atoms with Crippen molar-refractivity contribution in [2.45, 2.75) is 37.8 Å². The summed E-state index contributed by atoms with van der Waals surface area (Å²) in [6.45, 7) is 1.83. The average molecular weight is 308 g/mol. The number of aryl methyl sites for hydroxylation is 1. The van der Waals surface area contributed by atoms with Crippen molar-refractivity contribution in [3.05, 3.63) is 22.7 Å². The van der Waals surface area contributed by atoms with Gasteiger partial charge in [0, 0.05) is 50.4 Å². The van der Waals surface area contributed by atoms with E-state index >= 15 is 0 Å². The van der Waals surface area contributed by atoms with E-state index in [2.05, 4.69) is 27.0 Å². The van der Waals surface area contributed by atoms with Gasteiger partial charge in [-0.3, -0.25) is 4.79 Å². The molecule has 0 bridgehead atoms. The maximum absolute atomic E-state index is 12.2. The summed E-state index contributed by atoms with van der Waals surface area (Å²) in [5.41, 5.74) is 0.00590. The number of anilines is 1. The van der Waals surface area contributed by atoms with Gasteiger partial charge in [-0.2, -0.15) is 11.8 Å². The fraction of sp³-hybridized carbons (Fsp3) is 0.733. The first kappa shape index (κ1) is 14.9. The fourth-order valence-corrected chi connectivity index (χ4v) is 4.30. The summed E-state index contributed by atoms with van der Waals surface area (Å²) in [5, 5.41) is 3.79. The Morgan fingerprint density at radius 3 is 3.00 bits per heavy atom. The van der Waals surface area contributed by atoms with Gasteiger partial charge in [-0.25, -0.2) is 4.98 Å². The minimum atomic E-state index is 0.00590. The molecule has 116 valence electrons. The minimum absolute atomic E-state index is 0.00590. The van der Waals surface area contributed by atoms with Gasteiger partial charge in [-0.15, -0.1) is 0 Å². The molecule has 21 heavy (non-hydrogen) atoms. The molecule has 0 saturated carbocycles. The van der Waals surface area contributed by atoms with Gasteiger partial charge in [0.25, 0.3) is 5.56 Å². The summed E-state index contributed by atoms with van der Waals surface area (Å²) in [7, 11) is 1.78. The van der Waals surface area contributed by atoms with Crippen LogP contribution in [0, 0.1) is 0 Å². The van der Waals surface area contributed by atoms with Crippen LogP contribution >= 0.6 is 11.8 Å². The monoisotopic (exact) mass is 308 g/mol. The van der Waals surface area contributed by atoms with Crippen LogP contribution in [-0.2, 0) is 7.05 Å². The molecule has 5 nitrogen and oxygen atoms in total. The third-order valence-corrected chi connectivity index (χ3v) is 5.57. The van der Waals surface area contributed by atoms with Crippen molar-refractivity contribution >= 4 is 17.6 Å². The molecule has 1 aromatic rings. The van der Waals surface area contributed by atoms with E-state index in [0.717, 1.165) is 19.5 Å². The lowest BCUT2D eigenvalue weighted by Crippen LogP contribution is -2.51. The first-order valence-electron chi connectivity index (χ1n) is 7.84. The molecule has 2 fully saturated rings. The predicted molar refractivity (Wildman–Crippen MR) is 88.2 cm³/mol. The van der Waals surface area contributed by atoms with Crippen molar-refractivity contribution in [1.82, 2.24) is 14.9 Å². The Balaban J connectivity index is 1.65. The van der Waals surface area contributed by atoms with E-state index in [1.165, 1.54) is 30.8 Å². The van der Waals surface area contributed by atoms with Crippen molar-refractivity contribution in [1.29, 1.82) is 0 Å². The smallest absolute Gasteiger partial charge is 0.293 e. The molecule has 0 unspecified atom stereocenters. The first-order valence-corrected chi connectivity index (χ1v) is 9.00. The van der Waals surface area contributed by atoms with Gasteiger partial charge in [-0.1, -0.05) is 0 Å². The number of piperidine rings is 1. The van der Waals surface area contributed by atoms with Gasteiger partial charge in [0.05, 0.1) is 0 Å². The van der Waals surface area contributed by atoms with E-state index < -0.39 is 0 Å². The van der Waals surface area contributed by atoms with Crippen LogP contribution in [0.1, 0.15) is 25.7 Å². The molecule has 3 heterocycles. The van der Waals surface area contributed by atoms with Crippen molar-refractivity contribution in [3.8, 4) is 0 Å². The van der Waals surface area contributed by atoms with Gasteiger partial charge >= 0.3 is 0 Å². The maximum Gasteiger partial charge on any atom is 0.293 e. The number of hydrogen-bond donors (Lipinski definition) is 1. The zero-order valence-corrected chi connectivity index (χ0v) is 13.4. The van der Waals surface area contributed by atoms with Crippen LogP contribution < -0.4 is 15.8 Å². The zero-order valence-electron chi connectivity index (χ0n) is 12.6. The quantitative estimate of drug-likeness (QED) is 0.910. The Bertz CT molecular complexity index is 527. The van der Waals surface area contributed by atoms with E-state index in [4.69, 9.17) is 0 Å². The average Bonchev–Trinajstić information content (AvgIpc) is 2.51. The Labute approximate surface area is 130 Å². The molecule has 2 atom stereocenters. The van der Waals surface area contributed by atoms with Gasteiger partial charge in [0.2, 0.25) is 0 Å². The highest BCUT2D eigenvalue weighted by Gasteiger charge is 2.25. The van der Waals surface area contributed by atoms with Gasteiger partial charge < -0.3 is 14.8 Å². The van der Waals surface area contributed by atoms with Crippen molar-refractivity contribution < 1.29 is 0 Å². The normalized spacial score (nSPS) is 26.8. The second kappa shape index (κ2) is 6.83. The summed E-state index contributed by atoms with van der Waals surface area (Å²) >= 11 is 2.05. The highest BCUT2D eigenvalue weighted by atomic mass is 32.2. The third kappa shape index (κ3) is 3.61. The molecule has 2 saturated heterocycles. The summed E-state index contributed by atoms with van der Waals surface area (Å²) < 4.78 is 1.61. The van der Waals surface area contributed by atoms with Crippen LogP contribution in [0.25, 0.3) is 0 Å². The van der Waals surface area contributed by atoms with E-state index in [-0.39, 0.29) is 5.56 Å². The van der Waals surface area contributed by atoms with Gasteiger partial charge in [-0.05, 0) is 31.4 Å². The second-order valence-electron chi connectivity index (χ2n) is 6.03. The second-order valence-corrected chi connectivity index (χ2v) is 7.18. The Morgan fingerprint density at radius 1 is 1.33 bits per heavy atom. The van der Waals surface area contributed by atoms with Crippen LogP contribution in [0.15, 0.2) is 17.2 Å². The molecule has 0 amide bonds. The number of hydrogen-bond acceptors (Lipinski definition) is 5. The lowest BCUT2D eigenvalue weighted by Gasteiger charge is -2.36. The van der Waals surface area contributed by atoms with Gasteiger partial charge in [0.15, 0.2) is 5.82 Å². The molecular weight excluding hydrogens is 284 g/mol. The van der Waals surface area contributed by atoms with Crippen LogP contribution in [0.3, 0.4) is 0 Å². The molecule has 2 aliphatic heterocycles. The molecule has 3 rings (SSSR count). The molecule has 1 N–H and O–H groups in total. The SMILES string of the molecule is Cn1ccnc(N2CCC[C@@H](N[C@H]3CCCSC3)C2)c1=O. The summed E-state index contributed by atoms with van der Waals surface area (Å²) in [6, 6.07) is 1.12. The maximum atomic E-state index is 12.2. The standard InChI is InChI=1S/C15H24N4OS/c1-18-8-6-16-14(15(18)20)19-7-2-4-12(10-19)17-13-5-3-9-21-11-13/h6,8,12-13,17H,2-5,7,9-11H2,1H3/t12-,13+/m1/s1. The fourth-order valence-electron chi connectivity index (χ4n) is 3.21. The van der Waals surface area contributed by atoms with Crippen LogP contribution in [0.4, 0.5) is 5.82 Å². The van der Waals surface area contributed by atoms with Crippen molar-refractivity contribution in [3.63, 3.8) is 0 Å². The molecule has 0 spiro atoms. The van der Waals surface area contributed by atoms with Crippen molar-refractivity contribution in [2.75, 3.05) is 29.5 Å². The molecule has 2 aliphatic rings. The van der Waals surface area contributed by atoms with E-state index in [0.29, 0.717) is 17.9 Å². The zero-order chi connectivity index (χ0) is 14.7. The highest BCUT2D eigenvalue weighted by molar-refractivity contribution is 7.99. The number of nitrogens with zero attached hydrogens (tertiary/aromatic N) is 3. The Hall–Kier alpha value is -1.01. The predicted octanol–water partition coefficient (Wildman–Crippen LogP) is 1.23. The third-order valence-electron chi connectivity index (χ3n) is 4.35.